The lowest BCUT2D eigenvalue weighted by Gasteiger charge is -2.35. The van der Waals surface area contributed by atoms with Crippen molar-refractivity contribution < 1.29 is 4.79 Å². The molecule has 0 bridgehead atoms. The second kappa shape index (κ2) is 7.90. The van der Waals surface area contributed by atoms with Crippen LogP contribution < -0.4 is 5.73 Å². The number of nitrogens with zero attached hydrogens (tertiary/aromatic N) is 2. The fourth-order valence-corrected chi connectivity index (χ4v) is 3.61. The molecule has 0 spiro atoms. The summed E-state index contributed by atoms with van der Waals surface area (Å²) < 4.78 is 0. The van der Waals surface area contributed by atoms with Crippen LogP contribution in [-0.4, -0.2) is 22.3 Å². The Morgan fingerprint density at radius 3 is 2.74 bits per heavy atom. The van der Waals surface area contributed by atoms with E-state index in [9.17, 15) is 4.79 Å². The van der Waals surface area contributed by atoms with E-state index in [-0.39, 0.29) is 24.4 Å². The zero-order chi connectivity index (χ0) is 15.5. The molecule has 1 saturated heterocycles. The number of rotatable bonds is 3. The van der Waals surface area contributed by atoms with Crippen LogP contribution in [0.2, 0.25) is 0 Å². The molecule has 1 atom stereocenters. The van der Waals surface area contributed by atoms with Crippen LogP contribution in [-0.2, 0) is 6.54 Å². The summed E-state index contributed by atoms with van der Waals surface area (Å²) >= 11 is 1.46. The summed E-state index contributed by atoms with van der Waals surface area (Å²) in [5, 5.41) is 2.64. The van der Waals surface area contributed by atoms with Crippen LogP contribution in [0.15, 0.2) is 29.6 Å². The third kappa shape index (κ3) is 3.91. The summed E-state index contributed by atoms with van der Waals surface area (Å²) in [4.78, 5) is 19.1. The van der Waals surface area contributed by atoms with Gasteiger partial charge in [-0.3, -0.25) is 4.79 Å². The van der Waals surface area contributed by atoms with Gasteiger partial charge in [-0.25, -0.2) is 4.98 Å². The topological polar surface area (TPSA) is 59.2 Å². The predicted octanol–water partition coefficient (Wildman–Crippen LogP) is 3.70. The van der Waals surface area contributed by atoms with E-state index < -0.39 is 0 Å². The molecule has 4 nitrogen and oxygen atoms in total. The van der Waals surface area contributed by atoms with E-state index in [4.69, 9.17) is 5.73 Å². The molecule has 1 unspecified atom stereocenters. The van der Waals surface area contributed by atoms with Crippen LogP contribution in [0.5, 0.6) is 0 Å². The van der Waals surface area contributed by atoms with E-state index in [2.05, 4.69) is 36.2 Å². The van der Waals surface area contributed by atoms with Crippen molar-refractivity contribution in [1.29, 1.82) is 0 Å². The fraction of sp³-hybridized carbons (Fsp3) is 0.412. The number of carbonyl (C=O) groups excluding carboxylic acids is 1. The molecule has 6 heteroatoms. The number of hydrogen-bond acceptors (Lipinski definition) is 4. The number of halogens is 1. The van der Waals surface area contributed by atoms with Crippen molar-refractivity contribution in [2.75, 3.05) is 6.54 Å². The van der Waals surface area contributed by atoms with Gasteiger partial charge in [0.25, 0.3) is 5.91 Å². The lowest BCUT2D eigenvalue weighted by Crippen LogP contribution is -2.38. The summed E-state index contributed by atoms with van der Waals surface area (Å²) in [6.45, 7) is 3.27. The molecule has 0 radical (unpaired) electrons. The lowest BCUT2D eigenvalue weighted by atomic mass is 9.94. The standard InChI is InChI=1S/C17H21N3OS.ClH/c1-12-5-7-13(8-6-12)15-4-2-3-9-20(15)17(21)14-11-22-16(10-18)19-14;/h5-8,11,15H,2-4,9-10,18H2,1H3;1H. The third-order valence-electron chi connectivity index (χ3n) is 4.17. The number of carbonyl (C=O) groups is 1. The number of likely N-dealkylation sites (tertiary alicyclic amines) is 1. The molecule has 23 heavy (non-hydrogen) atoms. The van der Waals surface area contributed by atoms with E-state index >= 15 is 0 Å². The molecule has 1 amide bonds. The van der Waals surface area contributed by atoms with Crippen molar-refractivity contribution in [3.63, 3.8) is 0 Å². The van der Waals surface area contributed by atoms with Crippen molar-refractivity contribution in [1.82, 2.24) is 9.88 Å². The number of benzene rings is 1. The van der Waals surface area contributed by atoms with Gasteiger partial charge in [0.1, 0.15) is 10.7 Å². The van der Waals surface area contributed by atoms with E-state index in [0.717, 1.165) is 30.8 Å². The van der Waals surface area contributed by atoms with Crippen LogP contribution in [0, 0.1) is 6.92 Å². The maximum atomic E-state index is 12.8. The Balaban J connectivity index is 0.00000192. The van der Waals surface area contributed by atoms with E-state index in [1.54, 1.807) is 0 Å². The molecule has 1 aliphatic heterocycles. The van der Waals surface area contributed by atoms with Gasteiger partial charge in [0.2, 0.25) is 0 Å². The number of nitrogens with two attached hydrogens (primary N) is 1. The average Bonchev–Trinajstić information content (AvgIpc) is 3.04. The van der Waals surface area contributed by atoms with Crippen LogP contribution in [0.4, 0.5) is 0 Å². The van der Waals surface area contributed by atoms with Crippen LogP contribution >= 0.6 is 23.7 Å². The van der Waals surface area contributed by atoms with Crippen LogP contribution in [0.3, 0.4) is 0 Å². The number of piperidine rings is 1. The van der Waals surface area contributed by atoms with Gasteiger partial charge in [-0.15, -0.1) is 23.7 Å². The van der Waals surface area contributed by atoms with E-state index in [1.165, 1.54) is 22.5 Å². The molecule has 2 N–H and O–H groups in total. The fourth-order valence-electron chi connectivity index (χ4n) is 2.96. The Kier molecular flexibility index (Phi) is 6.16. The smallest absolute Gasteiger partial charge is 0.273 e. The number of hydrogen-bond donors (Lipinski definition) is 1. The quantitative estimate of drug-likeness (QED) is 0.917. The highest BCUT2D eigenvalue weighted by Crippen LogP contribution is 2.32. The van der Waals surface area contributed by atoms with Gasteiger partial charge in [-0.2, -0.15) is 0 Å². The zero-order valence-electron chi connectivity index (χ0n) is 13.2. The monoisotopic (exact) mass is 351 g/mol. The predicted molar refractivity (Wildman–Crippen MR) is 96.1 cm³/mol. The molecule has 3 rings (SSSR count). The van der Waals surface area contributed by atoms with Crippen molar-refractivity contribution in [3.05, 3.63) is 51.5 Å². The molecule has 124 valence electrons. The second-order valence-corrected chi connectivity index (χ2v) is 6.69. The van der Waals surface area contributed by atoms with Gasteiger partial charge >= 0.3 is 0 Å². The first-order valence-electron chi connectivity index (χ1n) is 7.71. The molecule has 1 aliphatic rings. The SMILES string of the molecule is Cc1ccc(C2CCCCN2C(=O)c2csc(CN)n2)cc1.Cl. The molecule has 1 aromatic carbocycles. The van der Waals surface area contributed by atoms with Gasteiger partial charge in [-0.1, -0.05) is 29.8 Å². The largest absolute Gasteiger partial charge is 0.330 e. The summed E-state index contributed by atoms with van der Waals surface area (Å²) in [5.41, 5.74) is 8.59. The Bertz CT molecular complexity index is 656. The first kappa shape index (κ1) is 17.9. The number of aryl methyl sites for hydroxylation is 1. The van der Waals surface area contributed by atoms with Gasteiger partial charge in [0.05, 0.1) is 6.04 Å². The lowest BCUT2D eigenvalue weighted by molar-refractivity contribution is 0.0606. The maximum absolute atomic E-state index is 12.8. The Morgan fingerprint density at radius 2 is 2.09 bits per heavy atom. The molecule has 0 aliphatic carbocycles. The molecule has 1 fully saturated rings. The number of amides is 1. The molecule has 0 saturated carbocycles. The second-order valence-electron chi connectivity index (χ2n) is 5.75. The van der Waals surface area contributed by atoms with E-state index in [1.807, 2.05) is 10.3 Å². The summed E-state index contributed by atoms with van der Waals surface area (Å²) in [5.74, 6) is 0.0289. The summed E-state index contributed by atoms with van der Waals surface area (Å²) in [6, 6.07) is 8.66. The minimum absolute atomic E-state index is 0. The van der Waals surface area contributed by atoms with Crippen molar-refractivity contribution in [2.45, 2.75) is 38.8 Å². The molecular formula is C17H22ClN3OS. The molecule has 1 aromatic heterocycles. The van der Waals surface area contributed by atoms with Gasteiger partial charge in [0, 0.05) is 18.5 Å². The molecule has 2 heterocycles. The van der Waals surface area contributed by atoms with Crippen LogP contribution in [0.1, 0.15) is 51.9 Å². The van der Waals surface area contributed by atoms with Crippen LogP contribution in [0.25, 0.3) is 0 Å². The Morgan fingerprint density at radius 1 is 1.35 bits per heavy atom. The Labute approximate surface area is 147 Å². The highest BCUT2D eigenvalue weighted by atomic mass is 35.5. The highest BCUT2D eigenvalue weighted by Gasteiger charge is 2.29. The molecule has 2 aromatic rings. The minimum atomic E-state index is 0. The molecular weight excluding hydrogens is 330 g/mol. The number of aromatic nitrogens is 1. The summed E-state index contributed by atoms with van der Waals surface area (Å²) in [7, 11) is 0. The maximum Gasteiger partial charge on any atom is 0.273 e. The normalized spacial score (nSPS) is 17.7. The van der Waals surface area contributed by atoms with Crippen molar-refractivity contribution in [2.24, 2.45) is 5.73 Å². The third-order valence-corrected chi connectivity index (χ3v) is 5.04. The average molecular weight is 352 g/mol. The van der Waals surface area contributed by atoms with Crippen molar-refractivity contribution in [3.8, 4) is 0 Å². The van der Waals surface area contributed by atoms with Gasteiger partial charge in [-0.05, 0) is 31.7 Å². The minimum Gasteiger partial charge on any atom is -0.330 e. The highest BCUT2D eigenvalue weighted by molar-refractivity contribution is 7.09. The van der Waals surface area contributed by atoms with Gasteiger partial charge < -0.3 is 10.6 Å². The zero-order valence-corrected chi connectivity index (χ0v) is 14.8. The first-order valence-corrected chi connectivity index (χ1v) is 8.59. The first-order chi connectivity index (χ1) is 10.7. The van der Waals surface area contributed by atoms with Gasteiger partial charge in [0.15, 0.2) is 0 Å². The Hall–Kier alpha value is -1.43. The number of thiazole rings is 1. The van der Waals surface area contributed by atoms with Crippen molar-refractivity contribution >= 4 is 29.7 Å². The van der Waals surface area contributed by atoms with E-state index in [0.29, 0.717) is 12.2 Å². The summed E-state index contributed by atoms with van der Waals surface area (Å²) in [6.07, 6.45) is 3.23.